The summed E-state index contributed by atoms with van der Waals surface area (Å²) in [5.41, 5.74) is -0.249. The van der Waals surface area contributed by atoms with Crippen LogP contribution in [0.5, 0.6) is 0 Å². The summed E-state index contributed by atoms with van der Waals surface area (Å²) in [5, 5.41) is 21.3. The van der Waals surface area contributed by atoms with Gasteiger partial charge in [0, 0.05) is 31.9 Å². The number of aromatic nitrogens is 2. The van der Waals surface area contributed by atoms with Gasteiger partial charge in [0.1, 0.15) is 5.60 Å². The number of rotatable bonds is 12. The summed E-state index contributed by atoms with van der Waals surface area (Å²) in [4.78, 5) is 6.78. The van der Waals surface area contributed by atoms with E-state index < -0.39 is 5.60 Å². The van der Waals surface area contributed by atoms with Crippen LogP contribution in [0.4, 0.5) is 0 Å². The van der Waals surface area contributed by atoms with Crippen LogP contribution in [0.3, 0.4) is 0 Å². The predicted octanol–water partition coefficient (Wildman–Crippen LogP) is 2.31. The van der Waals surface area contributed by atoms with E-state index in [2.05, 4.69) is 39.7 Å². The number of unbranched alkanes of at least 4 members (excludes halogenated alkanes) is 4. The van der Waals surface area contributed by atoms with Crippen molar-refractivity contribution in [3.63, 3.8) is 0 Å². The fourth-order valence-corrected chi connectivity index (χ4v) is 2.66. The van der Waals surface area contributed by atoms with E-state index in [1.54, 1.807) is 17.8 Å². The topological polar surface area (TPSA) is 77.7 Å². The average molecular weight is 494 g/mol. The van der Waals surface area contributed by atoms with Gasteiger partial charge in [0.15, 0.2) is 5.96 Å². The summed E-state index contributed by atoms with van der Waals surface area (Å²) in [6.07, 6.45) is 9.71. The van der Waals surface area contributed by atoms with Gasteiger partial charge in [-0.3, -0.25) is 4.68 Å². The van der Waals surface area contributed by atoms with Crippen molar-refractivity contribution < 1.29 is 5.11 Å². The highest BCUT2D eigenvalue weighted by molar-refractivity contribution is 14.0. The molecular weight excluding hydrogens is 455 g/mol. The Balaban J connectivity index is 0.00000676. The highest BCUT2D eigenvalue weighted by Crippen LogP contribution is 2.19. The molecule has 1 atom stereocenters. The smallest absolute Gasteiger partial charge is 0.191 e. The molecule has 158 valence electrons. The molecule has 0 amide bonds. The van der Waals surface area contributed by atoms with E-state index in [4.69, 9.17) is 0 Å². The quantitative estimate of drug-likeness (QED) is 0.180. The van der Waals surface area contributed by atoms with Gasteiger partial charge in [0.2, 0.25) is 0 Å². The second-order valence-corrected chi connectivity index (χ2v) is 7.37. The molecule has 1 heterocycles. The van der Waals surface area contributed by atoms with Gasteiger partial charge in [-0.2, -0.15) is 5.10 Å². The Bertz CT molecular complexity index is 530. The van der Waals surface area contributed by atoms with Crippen molar-refractivity contribution in [3.05, 3.63) is 18.0 Å². The molecule has 1 aromatic heterocycles. The minimum atomic E-state index is -1.02. The monoisotopic (exact) mass is 494 g/mol. The number of hydrogen-bond acceptors (Lipinski definition) is 4. The van der Waals surface area contributed by atoms with Crippen LogP contribution in [0.25, 0.3) is 0 Å². The second kappa shape index (κ2) is 14.2. The number of halogens is 1. The lowest BCUT2D eigenvalue weighted by atomic mass is 10.0. The van der Waals surface area contributed by atoms with Gasteiger partial charge < -0.3 is 20.6 Å². The first-order valence-electron chi connectivity index (χ1n) is 9.73. The molecule has 0 saturated carbocycles. The Kier molecular flexibility index (Phi) is 13.7. The Hall–Kier alpha value is -0.870. The largest absolute Gasteiger partial charge is 0.383 e. The molecule has 0 spiro atoms. The van der Waals surface area contributed by atoms with Crippen molar-refractivity contribution in [1.82, 2.24) is 25.3 Å². The zero-order chi connectivity index (χ0) is 19.4. The zero-order valence-electron chi connectivity index (χ0n) is 17.7. The number of nitrogens with zero attached hydrogens (tertiary/aromatic N) is 4. The van der Waals surface area contributed by atoms with Gasteiger partial charge in [-0.05, 0) is 47.3 Å². The summed E-state index contributed by atoms with van der Waals surface area (Å²) in [7, 11) is 6.09. The second-order valence-electron chi connectivity index (χ2n) is 7.37. The maximum absolute atomic E-state index is 10.6. The number of nitrogens with one attached hydrogen (secondary N) is 2. The standard InChI is InChI=1S/C19H38N6O.HI/c1-6-20-18(21-12-10-8-7-9-11-13-24(3)4)22-16-19(2,26)17-14-23-25(5)15-17;/h14-15,26H,6-13,16H2,1-5H3,(H2,20,21,22);1H. The molecule has 0 aliphatic heterocycles. The third-order valence-corrected chi connectivity index (χ3v) is 4.29. The van der Waals surface area contributed by atoms with Gasteiger partial charge >= 0.3 is 0 Å². The zero-order valence-corrected chi connectivity index (χ0v) is 20.0. The fraction of sp³-hybridized carbons (Fsp3) is 0.789. The lowest BCUT2D eigenvalue weighted by Gasteiger charge is -2.20. The first-order chi connectivity index (χ1) is 12.3. The van der Waals surface area contributed by atoms with Crippen LogP contribution in [-0.4, -0.2) is 66.0 Å². The molecule has 0 bridgehead atoms. The molecule has 7 nitrogen and oxygen atoms in total. The maximum atomic E-state index is 10.6. The molecule has 0 aliphatic rings. The van der Waals surface area contributed by atoms with Crippen molar-refractivity contribution in [3.8, 4) is 0 Å². The third-order valence-electron chi connectivity index (χ3n) is 4.29. The molecule has 1 unspecified atom stereocenters. The van der Waals surface area contributed by atoms with Gasteiger partial charge in [0.05, 0.1) is 12.7 Å². The average Bonchev–Trinajstić information content (AvgIpc) is 3.02. The van der Waals surface area contributed by atoms with E-state index in [-0.39, 0.29) is 24.0 Å². The number of hydrogen-bond donors (Lipinski definition) is 3. The summed E-state index contributed by atoms with van der Waals surface area (Å²) in [5.74, 6) is 0.754. The normalized spacial score (nSPS) is 14.0. The van der Waals surface area contributed by atoms with Gasteiger partial charge in [-0.25, -0.2) is 4.99 Å². The van der Waals surface area contributed by atoms with Crippen LogP contribution in [-0.2, 0) is 12.6 Å². The van der Waals surface area contributed by atoms with E-state index in [9.17, 15) is 5.11 Å². The van der Waals surface area contributed by atoms with E-state index >= 15 is 0 Å². The predicted molar refractivity (Wildman–Crippen MR) is 124 cm³/mol. The van der Waals surface area contributed by atoms with Crippen LogP contribution >= 0.6 is 24.0 Å². The number of aliphatic imine (C=N–C) groups is 1. The molecule has 27 heavy (non-hydrogen) atoms. The molecule has 3 N–H and O–H groups in total. The van der Waals surface area contributed by atoms with E-state index in [0.717, 1.165) is 31.0 Å². The molecule has 1 aromatic rings. The molecule has 8 heteroatoms. The number of aryl methyl sites for hydroxylation is 1. The molecule has 0 fully saturated rings. The Labute approximate surface area is 182 Å². The lowest BCUT2D eigenvalue weighted by molar-refractivity contribution is 0.0672. The minimum Gasteiger partial charge on any atom is -0.383 e. The molecule has 0 aliphatic carbocycles. The van der Waals surface area contributed by atoms with Crippen LogP contribution in [0, 0.1) is 0 Å². The SMILES string of the molecule is CCNC(=NCC(C)(O)c1cnn(C)c1)NCCCCCCCN(C)C.I. The van der Waals surface area contributed by atoms with E-state index in [1.807, 2.05) is 20.2 Å². The van der Waals surface area contributed by atoms with Gasteiger partial charge in [-0.1, -0.05) is 19.3 Å². The molecule has 0 saturated heterocycles. The van der Waals surface area contributed by atoms with Gasteiger partial charge in [-0.15, -0.1) is 24.0 Å². The summed E-state index contributed by atoms with van der Waals surface area (Å²) >= 11 is 0. The third kappa shape index (κ3) is 11.5. The van der Waals surface area contributed by atoms with Crippen molar-refractivity contribution in [2.45, 2.75) is 51.6 Å². The van der Waals surface area contributed by atoms with Crippen molar-refractivity contribution in [2.24, 2.45) is 12.0 Å². The van der Waals surface area contributed by atoms with E-state index in [1.165, 1.54) is 32.2 Å². The molecule has 0 aromatic carbocycles. The highest BCUT2D eigenvalue weighted by atomic mass is 127. The van der Waals surface area contributed by atoms with Gasteiger partial charge in [0.25, 0.3) is 0 Å². The van der Waals surface area contributed by atoms with Crippen LogP contribution in [0.1, 0.15) is 51.5 Å². The minimum absolute atomic E-state index is 0. The summed E-state index contributed by atoms with van der Waals surface area (Å²) < 4.78 is 1.69. The first-order valence-corrected chi connectivity index (χ1v) is 9.73. The Morgan fingerprint density at radius 3 is 2.48 bits per heavy atom. The van der Waals surface area contributed by atoms with Crippen molar-refractivity contribution in [2.75, 3.05) is 40.3 Å². The Morgan fingerprint density at radius 1 is 1.22 bits per heavy atom. The number of guanidine groups is 1. The maximum Gasteiger partial charge on any atom is 0.191 e. The van der Waals surface area contributed by atoms with Crippen LogP contribution in [0.15, 0.2) is 17.4 Å². The van der Waals surface area contributed by atoms with E-state index in [0.29, 0.717) is 6.54 Å². The molecular formula is C19H39IN6O. The lowest BCUT2D eigenvalue weighted by Crippen LogP contribution is -2.39. The summed E-state index contributed by atoms with van der Waals surface area (Å²) in [6.45, 7) is 6.97. The molecule has 0 radical (unpaired) electrons. The Morgan fingerprint density at radius 2 is 1.89 bits per heavy atom. The van der Waals surface area contributed by atoms with Crippen LogP contribution in [0.2, 0.25) is 0 Å². The molecule has 1 rings (SSSR count). The highest BCUT2D eigenvalue weighted by Gasteiger charge is 2.24. The van der Waals surface area contributed by atoms with Crippen LogP contribution < -0.4 is 10.6 Å². The fourth-order valence-electron chi connectivity index (χ4n) is 2.66. The number of aliphatic hydroxyl groups is 1. The summed E-state index contributed by atoms with van der Waals surface area (Å²) in [6, 6.07) is 0. The van der Waals surface area contributed by atoms with Crippen molar-refractivity contribution in [1.29, 1.82) is 0 Å². The first kappa shape index (κ1) is 26.1. The van der Waals surface area contributed by atoms with Crippen molar-refractivity contribution >= 4 is 29.9 Å².